The molecule has 0 aromatic rings. The summed E-state index contributed by atoms with van der Waals surface area (Å²) in [5.74, 6) is 0. The Morgan fingerprint density at radius 3 is 2.22 bits per heavy atom. The van der Waals surface area contributed by atoms with Crippen molar-refractivity contribution in [2.24, 2.45) is 0 Å². The van der Waals surface area contributed by atoms with Crippen molar-refractivity contribution < 1.29 is 48.9 Å². The SMILES string of the molecule is CNOS(=O)(=O)NO.[H-].[Na+]. The monoisotopic (exact) mass is 166 g/mol. The molecule has 0 radical (unpaired) electrons. The van der Waals surface area contributed by atoms with Crippen LogP contribution in [0.25, 0.3) is 0 Å². The van der Waals surface area contributed by atoms with Crippen LogP contribution in [0.15, 0.2) is 0 Å². The Balaban J connectivity index is -0.000000245. The zero-order valence-corrected chi connectivity index (χ0v) is 7.90. The fourth-order valence-corrected chi connectivity index (χ4v) is 0.385. The Bertz CT molecular complexity index is 147. The van der Waals surface area contributed by atoms with Crippen LogP contribution in [-0.4, -0.2) is 20.7 Å². The standard InChI is InChI=1S/CH6N2O4S.Na.H/c1-2-7-8(5,6)3-4;;/h2-4H,1H3;;/q;+1;-1. The normalized spacial score (nSPS) is 10.4. The van der Waals surface area contributed by atoms with Gasteiger partial charge in [0.25, 0.3) is 0 Å². The van der Waals surface area contributed by atoms with E-state index in [0.717, 1.165) is 4.89 Å². The summed E-state index contributed by atoms with van der Waals surface area (Å²) in [7, 11) is -2.73. The van der Waals surface area contributed by atoms with E-state index in [9.17, 15) is 8.42 Å². The molecule has 0 unspecified atom stereocenters. The van der Waals surface area contributed by atoms with Gasteiger partial charge < -0.3 is 6.63 Å². The Morgan fingerprint density at radius 2 is 2.11 bits per heavy atom. The van der Waals surface area contributed by atoms with Crippen molar-refractivity contribution in [3.8, 4) is 0 Å². The predicted molar refractivity (Wildman–Crippen MR) is 25.1 cm³/mol. The summed E-state index contributed by atoms with van der Waals surface area (Å²) in [6, 6.07) is 0. The van der Waals surface area contributed by atoms with E-state index in [0.29, 0.717) is 0 Å². The summed E-state index contributed by atoms with van der Waals surface area (Å²) in [4.78, 5) is 0.930. The van der Waals surface area contributed by atoms with Crippen LogP contribution in [0.1, 0.15) is 1.43 Å². The fraction of sp³-hybridized carbons (Fsp3) is 1.00. The molecule has 6 nitrogen and oxygen atoms in total. The second-order valence-corrected chi connectivity index (χ2v) is 2.09. The summed E-state index contributed by atoms with van der Waals surface area (Å²) in [6.07, 6.45) is 0. The van der Waals surface area contributed by atoms with E-state index >= 15 is 0 Å². The number of nitrogens with one attached hydrogen (secondary N) is 2. The number of hydroxylamine groups is 1. The molecule has 9 heavy (non-hydrogen) atoms. The molecule has 0 saturated heterocycles. The van der Waals surface area contributed by atoms with Gasteiger partial charge in [-0.05, 0) is 0 Å². The van der Waals surface area contributed by atoms with Crippen LogP contribution in [0.3, 0.4) is 0 Å². The fourth-order valence-electron chi connectivity index (χ4n) is 0.128. The molecule has 0 fully saturated rings. The molecule has 0 aromatic heterocycles. The van der Waals surface area contributed by atoms with Gasteiger partial charge in [-0.1, -0.05) is 4.89 Å². The van der Waals surface area contributed by atoms with Crippen molar-refractivity contribution in [3.63, 3.8) is 0 Å². The van der Waals surface area contributed by atoms with E-state index in [4.69, 9.17) is 5.21 Å². The zero-order valence-electron chi connectivity index (χ0n) is 6.08. The number of hydrogen-bond donors (Lipinski definition) is 3. The van der Waals surface area contributed by atoms with Gasteiger partial charge in [0, 0.05) is 7.05 Å². The van der Waals surface area contributed by atoms with Gasteiger partial charge in [-0.25, -0.2) is 0 Å². The Kier molecular flexibility index (Phi) is 7.71. The molecule has 0 amide bonds. The number of hydrogen-bond acceptors (Lipinski definition) is 5. The molecule has 0 saturated carbocycles. The molecule has 0 bridgehead atoms. The third-order valence-electron chi connectivity index (χ3n) is 0.305. The molecule has 0 heterocycles. The van der Waals surface area contributed by atoms with Gasteiger partial charge in [-0.3, -0.25) is 0 Å². The summed E-state index contributed by atoms with van der Waals surface area (Å²) in [5.41, 5.74) is 1.85. The van der Waals surface area contributed by atoms with Gasteiger partial charge in [0.1, 0.15) is 0 Å². The minimum atomic E-state index is -3.98. The smallest absolute Gasteiger partial charge is 1.00 e. The summed E-state index contributed by atoms with van der Waals surface area (Å²) in [6.45, 7) is 0. The van der Waals surface area contributed by atoms with Crippen LogP contribution in [-0.2, 0) is 14.6 Å². The Labute approximate surface area is 76.5 Å². The number of rotatable bonds is 3. The summed E-state index contributed by atoms with van der Waals surface area (Å²) in [5, 5.41) is 7.72. The molecule has 0 aromatic carbocycles. The molecular weight excluding hydrogens is 159 g/mol. The first-order chi connectivity index (χ1) is 3.62. The van der Waals surface area contributed by atoms with Crippen LogP contribution in [0.5, 0.6) is 0 Å². The van der Waals surface area contributed by atoms with Crippen LogP contribution >= 0.6 is 0 Å². The van der Waals surface area contributed by atoms with Crippen LogP contribution in [0.2, 0.25) is 0 Å². The van der Waals surface area contributed by atoms with E-state index in [-0.39, 0.29) is 31.0 Å². The van der Waals surface area contributed by atoms with Crippen molar-refractivity contribution in [2.45, 2.75) is 0 Å². The van der Waals surface area contributed by atoms with E-state index in [1.165, 1.54) is 7.05 Å². The first kappa shape index (κ1) is 12.5. The molecule has 0 atom stereocenters. The third kappa shape index (κ3) is 6.68. The van der Waals surface area contributed by atoms with Crippen LogP contribution < -0.4 is 39.9 Å². The molecule has 0 aliphatic carbocycles. The second-order valence-electron chi connectivity index (χ2n) is 0.833. The van der Waals surface area contributed by atoms with Crippen molar-refractivity contribution in [2.75, 3.05) is 7.05 Å². The van der Waals surface area contributed by atoms with Gasteiger partial charge in [-0.2, -0.15) is 18.2 Å². The zero-order chi connectivity index (χ0) is 6.62. The van der Waals surface area contributed by atoms with Crippen molar-refractivity contribution in [3.05, 3.63) is 0 Å². The molecule has 0 spiro atoms. The van der Waals surface area contributed by atoms with Gasteiger partial charge in [0.05, 0.1) is 0 Å². The van der Waals surface area contributed by atoms with Gasteiger partial charge in [0.15, 0.2) is 0 Å². The van der Waals surface area contributed by atoms with Gasteiger partial charge in [0.2, 0.25) is 0 Å². The topological polar surface area (TPSA) is 87.7 Å². The minimum Gasteiger partial charge on any atom is -1.00 e. The van der Waals surface area contributed by atoms with Crippen LogP contribution in [0, 0.1) is 0 Å². The third-order valence-corrected chi connectivity index (χ3v) is 0.915. The average Bonchev–Trinajstić information content (AvgIpc) is 1.67. The van der Waals surface area contributed by atoms with Crippen molar-refractivity contribution >= 4 is 10.3 Å². The largest absolute Gasteiger partial charge is 1.00 e. The Morgan fingerprint density at radius 1 is 1.67 bits per heavy atom. The van der Waals surface area contributed by atoms with Gasteiger partial charge in [-0.15, -0.1) is 0 Å². The first-order valence-electron chi connectivity index (χ1n) is 1.63. The molecule has 52 valence electrons. The molecule has 0 aliphatic heterocycles. The maximum atomic E-state index is 9.95. The van der Waals surface area contributed by atoms with E-state index in [2.05, 4.69) is 4.28 Å². The average molecular weight is 166 g/mol. The molecule has 0 rings (SSSR count). The van der Waals surface area contributed by atoms with Crippen molar-refractivity contribution in [1.82, 2.24) is 10.4 Å². The second kappa shape index (κ2) is 5.57. The molecule has 8 heteroatoms. The summed E-state index contributed by atoms with van der Waals surface area (Å²) < 4.78 is 23.6. The maximum absolute atomic E-state index is 9.95. The summed E-state index contributed by atoms with van der Waals surface area (Å²) >= 11 is 0. The molecule has 3 N–H and O–H groups in total. The van der Waals surface area contributed by atoms with E-state index < -0.39 is 10.3 Å². The predicted octanol–water partition coefficient (Wildman–Crippen LogP) is -4.52. The molecule has 0 aliphatic rings. The van der Waals surface area contributed by atoms with Gasteiger partial charge >= 0.3 is 39.9 Å². The van der Waals surface area contributed by atoms with Crippen molar-refractivity contribution in [1.29, 1.82) is 0 Å². The first-order valence-corrected chi connectivity index (χ1v) is 3.04. The van der Waals surface area contributed by atoms with Crippen LogP contribution in [0.4, 0.5) is 0 Å². The maximum Gasteiger partial charge on any atom is 1.00 e. The van der Waals surface area contributed by atoms with E-state index in [1.54, 1.807) is 0 Å². The minimum absolute atomic E-state index is 0. The molecular formula is CH7N2NaO4S. The quantitative estimate of drug-likeness (QED) is 0.290. The van der Waals surface area contributed by atoms with E-state index in [1.807, 2.05) is 5.48 Å². The Hall–Kier alpha value is 0.790.